The highest BCUT2D eigenvalue weighted by Gasteiger charge is 2.40. The van der Waals surface area contributed by atoms with Gasteiger partial charge in [0.2, 0.25) is 0 Å². The van der Waals surface area contributed by atoms with E-state index in [1.807, 2.05) is 0 Å². The van der Waals surface area contributed by atoms with Crippen molar-refractivity contribution in [2.24, 2.45) is 0 Å². The van der Waals surface area contributed by atoms with E-state index in [1.165, 1.54) is 0 Å². The molecule has 106 valence electrons. The van der Waals surface area contributed by atoms with Gasteiger partial charge in [0.1, 0.15) is 0 Å². The number of nitrogens with one attached hydrogen (secondary N) is 1. The summed E-state index contributed by atoms with van der Waals surface area (Å²) < 4.78 is 16.3. The number of aliphatic hydroxyl groups is 1. The molecule has 18 heavy (non-hydrogen) atoms. The van der Waals surface area contributed by atoms with Gasteiger partial charge in [0.05, 0.1) is 25.9 Å². The first kappa shape index (κ1) is 14.2. The molecule has 1 unspecified atom stereocenters. The molecular weight excluding hydrogens is 234 g/mol. The fraction of sp³-hybridized carbons (Fsp3) is 1.00. The predicted molar refractivity (Wildman–Crippen MR) is 67.4 cm³/mol. The molecular formula is C13H25NO4. The molecule has 2 aliphatic rings. The Morgan fingerprint density at radius 1 is 1.33 bits per heavy atom. The molecule has 1 aliphatic heterocycles. The summed E-state index contributed by atoms with van der Waals surface area (Å²) in [6.07, 6.45) is 4.50. The molecule has 2 rings (SSSR count). The third kappa shape index (κ3) is 3.90. The van der Waals surface area contributed by atoms with Gasteiger partial charge in [-0.2, -0.15) is 0 Å². The van der Waals surface area contributed by atoms with Crippen molar-refractivity contribution in [1.29, 1.82) is 0 Å². The van der Waals surface area contributed by atoms with Gasteiger partial charge in [0, 0.05) is 26.0 Å². The summed E-state index contributed by atoms with van der Waals surface area (Å²) in [5.41, 5.74) is 0. The van der Waals surface area contributed by atoms with Crippen molar-refractivity contribution < 1.29 is 19.3 Å². The van der Waals surface area contributed by atoms with E-state index in [1.54, 1.807) is 7.11 Å². The molecule has 5 heteroatoms. The van der Waals surface area contributed by atoms with Gasteiger partial charge >= 0.3 is 0 Å². The molecule has 0 amide bonds. The molecule has 1 spiro atoms. The molecule has 0 radical (unpaired) electrons. The SMILES string of the molecule is COCC(O)CCNC1CCC2(CC1)OCCO2. The Labute approximate surface area is 109 Å². The summed E-state index contributed by atoms with van der Waals surface area (Å²) in [5, 5.41) is 13.0. The Bertz CT molecular complexity index is 233. The molecule has 0 aromatic rings. The average Bonchev–Trinajstić information content (AvgIpc) is 2.81. The quantitative estimate of drug-likeness (QED) is 0.734. The largest absolute Gasteiger partial charge is 0.391 e. The fourth-order valence-corrected chi connectivity index (χ4v) is 2.78. The summed E-state index contributed by atoms with van der Waals surface area (Å²) in [7, 11) is 1.61. The number of hydrogen-bond acceptors (Lipinski definition) is 5. The second-order valence-electron chi connectivity index (χ2n) is 5.23. The minimum absolute atomic E-state index is 0.270. The highest BCUT2D eigenvalue weighted by atomic mass is 16.7. The first-order chi connectivity index (χ1) is 8.74. The van der Waals surface area contributed by atoms with Crippen LogP contribution in [0.3, 0.4) is 0 Å². The first-order valence-electron chi connectivity index (χ1n) is 6.92. The highest BCUT2D eigenvalue weighted by Crippen LogP contribution is 2.35. The zero-order valence-corrected chi connectivity index (χ0v) is 11.2. The molecule has 1 heterocycles. The summed E-state index contributed by atoms with van der Waals surface area (Å²) in [5.74, 6) is -0.270. The van der Waals surface area contributed by atoms with Gasteiger partial charge < -0.3 is 24.6 Å². The van der Waals surface area contributed by atoms with Crippen LogP contribution >= 0.6 is 0 Å². The van der Waals surface area contributed by atoms with Crippen molar-refractivity contribution in [3.63, 3.8) is 0 Å². The Hall–Kier alpha value is -0.200. The number of hydrogen-bond donors (Lipinski definition) is 2. The molecule has 0 bridgehead atoms. The monoisotopic (exact) mass is 259 g/mol. The lowest BCUT2D eigenvalue weighted by Gasteiger charge is -2.35. The Balaban J connectivity index is 1.59. The van der Waals surface area contributed by atoms with Crippen LogP contribution < -0.4 is 5.32 Å². The van der Waals surface area contributed by atoms with E-state index in [4.69, 9.17) is 14.2 Å². The topological polar surface area (TPSA) is 60.0 Å². The van der Waals surface area contributed by atoms with E-state index in [0.717, 1.165) is 51.9 Å². The highest BCUT2D eigenvalue weighted by molar-refractivity contribution is 4.85. The number of ether oxygens (including phenoxy) is 3. The molecule has 2 N–H and O–H groups in total. The van der Waals surface area contributed by atoms with Gasteiger partial charge in [-0.05, 0) is 25.8 Å². The lowest BCUT2D eigenvalue weighted by Crippen LogP contribution is -2.42. The third-order valence-electron chi connectivity index (χ3n) is 3.83. The van der Waals surface area contributed by atoms with Gasteiger partial charge in [0.25, 0.3) is 0 Å². The van der Waals surface area contributed by atoms with Crippen molar-refractivity contribution in [1.82, 2.24) is 5.32 Å². The summed E-state index contributed by atoms with van der Waals surface area (Å²) in [6, 6.07) is 0.526. The molecule has 0 aromatic heterocycles. The van der Waals surface area contributed by atoms with Crippen LogP contribution in [0.4, 0.5) is 0 Å². The predicted octanol–water partition coefficient (Wildman–Crippen LogP) is 0.659. The molecule has 5 nitrogen and oxygen atoms in total. The van der Waals surface area contributed by atoms with Gasteiger partial charge in [0.15, 0.2) is 5.79 Å². The van der Waals surface area contributed by atoms with Crippen molar-refractivity contribution in [3.8, 4) is 0 Å². The maximum Gasteiger partial charge on any atom is 0.168 e. The normalized spacial score (nSPS) is 25.7. The molecule has 2 fully saturated rings. The molecule has 1 saturated heterocycles. The van der Waals surface area contributed by atoms with Crippen LogP contribution in [-0.2, 0) is 14.2 Å². The molecule has 0 aromatic carbocycles. The van der Waals surface area contributed by atoms with Crippen LogP contribution in [0.1, 0.15) is 32.1 Å². The van der Waals surface area contributed by atoms with E-state index in [-0.39, 0.29) is 11.9 Å². The zero-order chi connectivity index (χ0) is 12.8. The van der Waals surface area contributed by atoms with Gasteiger partial charge in [-0.1, -0.05) is 0 Å². The van der Waals surface area contributed by atoms with Gasteiger partial charge in [-0.3, -0.25) is 0 Å². The second-order valence-corrected chi connectivity index (χ2v) is 5.23. The van der Waals surface area contributed by atoms with E-state index in [2.05, 4.69) is 5.32 Å². The van der Waals surface area contributed by atoms with E-state index < -0.39 is 0 Å². The van der Waals surface area contributed by atoms with Gasteiger partial charge in [-0.25, -0.2) is 0 Å². The fourth-order valence-electron chi connectivity index (χ4n) is 2.78. The zero-order valence-electron chi connectivity index (χ0n) is 11.2. The first-order valence-corrected chi connectivity index (χ1v) is 6.92. The van der Waals surface area contributed by atoms with E-state index in [9.17, 15) is 5.11 Å². The standard InChI is InChI=1S/C13H25NO4/c1-16-10-12(15)4-7-14-11-2-5-13(6-3-11)17-8-9-18-13/h11-12,14-15H,2-10H2,1H3. The maximum atomic E-state index is 9.54. The van der Waals surface area contributed by atoms with Gasteiger partial charge in [-0.15, -0.1) is 0 Å². The van der Waals surface area contributed by atoms with E-state index >= 15 is 0 Å². The van der Waals surface area contributed by atoms with Crippen molar-refractivity contribution in [2.75, 3.05) is 33.5 Å². The number of methoxy groups -OCH3 is 1. The Kier molecular flexibility index (Phi) is 5.38. The lowest BCUT2D eigenvalue weighted by molar-refractivity contribution is -0.179. The molecule has 1 saturated carbocycles. The van der Waals surface area contributed by atoms with E-state index in [0.29, 0.717) is 12.6 Å². The minimum atomic E-state index is -0.362. The smallest absolute Gasteiger partial charge is 0.168 e. The molecule has 1 atom stereocenters. The Morgan fingerprint density at radius 2 is 2.00 bits per heavy atom. The van der Waals surface area contributed by atoms with Crippen LogP contribution in [0.2, 0.25) is 0 Å². The van der Waals surface area contributed by atoms with Crippen LogP contribution in [-0.4, -0.2) is 56.5 Å². The van der Waals surface area contributed by atoms with Crippen LogP contribution in [0.15, 0.2) is 0 Å². The lowest BCUT2D eigenvalue weighted by atomic mass is 9.90. The number of rotatable bonds is 6. The minimum Gasteiger partial charge on any atom is -0.391 e. The van der Waals surface area contributed by atoms with Crippen molar-refractivity contribution in [3.05, 3.63) is 0 Å². The average molecular weight is 259 g/mol. The van der Waals surface area contributed by atoms with Crippen molar-refractivity contribution >= 4 is 0 Å². The maximum absolute atomic E-state index is 9.54. The van der Waals surface area contributed by atoms with Crippen LogP contribution in [0, 0.1) is 0 Å². The molecule has 1 aliphatic carbocycles. The number of aliphatic hydroxyl groups excluding tert-OH is 1. The Morgan fingerprint density at radius 3 is 2.61 bits per heavy atom. The van der Waals surface area contributed by atoms with Crippen LogP contribution in [0.25, 0.3) is 0 Å². The third-order valence-corrected chi connectivity index (χ3v) is 3.83. The summed E-state index contributed by atoms with van der Waals surface area (Å²) in [4.78, 5) is 0. The second kappa shape index (κ2) is 6.82. The summed E-state index contributed by atoms with van der Waals surface area (Å²) in [6.45, 7) is 2.73. The van der Waals surface area contributed by atoms with Crippen molar-refractivity contribution in [2.45, 2.75) is 50.0 Å². The van der Waals surface area contributed by atoms with Crippen LogP contribution in [0.5, 0.6) is 0 Å². The summed E-state index contributed by atoms with van der Waals surface area (Å²) >= 11 is 0.